The number of nitrogens with zero attached hydrogens (tertiary/aromatic N) is 5. The van der Waals surface area contributed by atoms with Crippen LogP contribution >= 0.6 is 0 Å². The van der Waals surface area contributed by atoms with Crippen LogP contribution in [-0.2, 0) is 16.3 Å². The van der Waals surface area contributed by atoms with Crippen molar-refractivity contribution in [2.45, 2.75) is 62.4 Å². The van der Waals surface area contributed by atoms with Crippen LogP contribution in [0.5, 0.6) is 6.01 Å². The molecule has 2 saturated heterocycles. The molecule has 0 N–H and O–H groups in total. The maximum Gasteiger partial charge on any atom is 0.316 e. The van der Waals surface area contributed by atoms with Gasteiger partial charge in [0.15, 0.2) is 9.84 Å². The van der Waals surface area contributed by atoms with Gasteiger partial charge in [-0.1, -0.05) is 25.5 Å². The van der Waals surface area contributed by atoms with Gasteiger partial charge in [0.05, 0.1) is 11.5 Å². The molecule has 4 heterocycles. The van der Waals surface area contributed by atoms with Gasteiger partial charge in [0, 0.05) is 48.7 Å². The van der Waals surface area contributed by atoms with E-state index < -0.39 is 9.84 Å². The number of sulfone groups is 1. The molecular formula is C26H31N5O3S. The van der Waals surface area contributed by atoms with Crippen molar-refractivity contribution in [3.8, 4) is 17.1 Å². The van der Waals surface area contributed by atoms with Crippen molar-refractivity contribution in [2.24, 2.45) is 5.92 Å². The van der Waals surface area contributed by atoms with E-state index in [1.165, 1.54) is 24.7 Å². The summed E-state index contributed by atoms with van der Waals surface area (Å²) in [6.45, 7) is 2.77. The molecule has 2 aliphatic heterocycles. The van der Waals surface area contributed by atoms with E-state index in [0.29, 0.717) is 35.5 Å². The highest BCUT2D eigenvalue weighted by Crippen LogP contribution is 2.40. The highest BCUT2D eigenvalue weighted by atomic mass is 32.2. The molecule has 3 aromatic rings. The first kappa shape index (κ1) is 23.7. The van der Waals surface area contributed by atoms with E-state index in [1.54, 1.807) is 36.7 Å². The van der Waals surface area contributed by atoms with Gasteiger partial charge in [0.1, 0.15) is 0 Å². The van der Waals surface area contributed by atoms with Crippen LogP contribution in [0, 0.1) is 5.92 Å². The molecule has 8 nitrogen and oxygen atoms in total. The number of piperidine rings is 1. The zero-order chi connectivity index (χ0) is 24.4. The number of hydrogen-bond donors (Lipinski definition) is 0. The number of ether oxygens (including phenoxy) is 1. The highest BCUT2D eigenvalue weighted by molar-refractivity contribution is 7.90. The zero-order valence-electron chi connectivity index (χ0n) is 20.2. The van der Waals surface area contributed by atoms with Gasteiger partial charge in [-0.3, -0.25) is 0 Å². The normalized spacial score (nSPS) is 21.8. The first-order chi connectivity index (χ1) is 16.9. The Bertz CT molecular complexity index is 1230. The molecule has 2 fully saturated rings. The smallest absolute Gasteiger partial charge is 0.316 e. The molecule has 0 spiro atoms. The molecule has 0 amide bonds. The van der Waals surface area contributed by atoms with Crippen molar-refractivity contribution in [2.75, 3.05) is 17.8 Å². The van der Waals surface area contributed by atoms with Crippen LogP contribution in [0.4, 0.5) is 5.95 Å². The van der Waals surface area contributed by atoms with Gasteiger partial charge in [-0.15, -0.1) is 0 Å². The molecule has 35 heavy (non-hydrogen) atoms. The van der Waals surface area contributed by atoms with E-state index >= 15 is 0 Å². The van der Waals surface area contributed by atoms with Gasteiger partial charge in [-0.05, 0) is 61.3 Å². The Labute approximate surface area is 206 Å². The Morgan fingerprint density at radius 3 is 2.11 bits per heavy atom. The van der Waals surface area contributed by atoms with E-state index in [1.807, 2.05) is 12.4 Å². The van der Waals surface area contributed by atoms with Crippen LogP contribution in [0.2, 0.25) is 0 Å². The van der Waals surface area contributed by atoms with Crippen molar-refractivity contribution in [3.63, 3.8) is 0 Å². The Morgan fingerprint density at radius 1 is 0.914 bits per heavy atom. The minimum atomic E-state index is -3.21. The number of aromatic nitrogens is 4. The minimum absolute atomic E-state index is 0.294. The fraction of sp³-hybridized carbons (Fsp3) is 0.462. The summed E-state index contributed by atoms with van der Waals surface area (Å²) in [5.74, 6) is 1.31. The predicted molar refractivity (Wildman–Crippen MR) is 134 cm³/mol. The molecule has 0 radical (unpaired) electrons. The lowest BCUT2D eigenvalue weighted by Crippen LogP contribution is -2.45. The third kappa shape index (κ3) is 5.29. The lowest BCUT2D eigenvalue weighted by atomic mass is 9.91. The second-order valence-corrected chi connectivity index (χ2v) is 11.6. The molecule has 2 aromatic heterocycles. The largest absolute Gasteiger partial charge is 0.463 e. The monoisotopic (exact) mass is 493 g/mol. The van der Waals surface area contributed by atoms with Crippen LogP contribution < -0.4 is 9.64 Å². The van der Waals surface area contributed by atoms with Crippen molar-refractivity contribution in [3.05, 3.63) is 54.6 Å². The van der Waals surface area contributed by atoms with E-state index in [9.17, 15) is 8.42 Å². The van der Waals surface area contributed by atoms with Crippen LogP contribution in [-0.4, -0.2) is 53.3 Å². The summed E-state index contributed by atoms with van der Waals surface area (Å²) in [6.07, 6.45) is 15.1. The summed E-state index contributed by atoms with van der Waals surface area (Å²) in [4.78, 5) is 20.8. The van der Waals surface area contributed by atoms with Crippen molar-refractivity contribution in [1.82, 2.24) is 19.9 Å². The Hall–Kier alpha value is -3.07. The number of hydrogen-bond acceptors (Lipinski definition) is 8. The summed E-state index contributed by atoms with van der Waals surface area (Å²) in [5, 5.41) is 0. The van der Waals surface area contributed by atoms with Crippen LogP contribution in [0.3, 0.4) is 0 Å². The SMILES string of the molecule is CCCc1cnc(N2[C@H]3CC[C@H]2CC(COc2ncc(-c4ccc(S(C)(=O)=O)cc4)cn2)C3)nc1. The maximum atomic E-state index is 11.6. The third-order valence-electron chi connectivity index (χ3n) is 6.98. The Balaban J connectivity index is 1.17. The van der Waals surface area contributed by atoms with Gasteiger partial charge >= 0.3 is 6.01 Å². The number of aryl methyl sites for hydroxylation is 1. The molecule has 184 valence electrons. The molecule has 5 rings (SSSR count). The molecular weight excluding hydrogens is 462 g/mol. The van der Waals surface area contributed by atoms with E-state index in [4.69, 9.17) is 4.74 Å². The minimum Gasteiger partial charge on any atom is -0.463 e. The second kappa shape index (κ2) is 9.89. The van der Waals surface area contributed by atoms with Crippen LogP contribution in [0.15, 0.2) is 53.9 Å². The summed E-state index contributed by atoms with van der Waals surface area (Å²) in [6, 6.07) is 8.00. The van der Waals surface area contributed by atoms with Gasteiger partial charge in [0.25, 0.3) is 0 Å². The second-order valence-electron chi connectivity index (χ2n) is 9.63. The number of rotatable bonds is 8. The van der Waals surface area contributed by atoms with E-state index in [2.05, 4.69) is 31.8 Å². The number of fused-ring (bicyclic) bond motifs is 2. The van der Waals surface area contributed by atoms with Crippen molar-refractivity contribution in [1.29, 1.82) is 0 Å². The quantitative estimate of drug-likeness (QED) is 0.462. The third-order valence-corrected chi connectivity index (χ3v) is 8.11. The standard InChI is InChI=1S/C26H31N5O3S/c1-3-4-18-13-27-25(28-14-18)31-22-7-8-23(31)12-19(11-22)17-34-26-29-15-21(16-30-26)20-5-9-24(10-6-20)35(2,32)33/h5-6,9-10,13-16,19,22-23H,3-4,7-8,11-12,17H2,1-2H3/t22-,23-/m0/s1. The molecule has 2 atom stereocenters. The lowest BCUT2D eigenvalue weighted by Gasteiger charge is -2.38. The van der Waals surface area contributed by atoms with Crippen molar-refractivity contribution < 1.29 is 13.2 Å². The summed E-state index contributed by atoms with van der Waals surface area (Å²) in [7, 11) is -3.21. The summed E-state index contributed by atoms with van der Waals surface area (Å²) < 4.78 is 29.2. The number of anilines is 1. The first-order valence-corrected chi connectivity index (χ1v) is 14.1. The van der Waals surface area contributed by atoms with Gasteiger partial charge < -0.3 is 9.64 Å². The Kier molecular flexibility index (Phi) is 6.69. The number of benzene rings is 1. The van der Waals surface area contributed by atoms with E-state index in [0.717, 1.165) is 42.8 Å². The molecule has 0 saturated carbocycles. The molecule has 9 heteroatoms. The lowest BCUT2D eigenvalue weighted by molar-refractivity contribution is 0.191. The predicted octanol–water partition coefficient (Wildman–Crippen LogP) is 4.12. The topological polar surface area (TPSA) is 98.2 Å². The molecule has 0 aliphatic carbocycles. The van der Waals surface area contributed by atoms with Crippen molar-refractivity contribution >= 4 is 15.8 Å². The molecule has 0 unspecified atom stereocenters. The fourth-order valence-corrected chi connectivity index (χ4v) is 5.91. The average molecular weight is 494 g/mol. The van der Waals surface area contributed by atoms with Gasteiger partial charge in [-0.2, -0.15) is 0 Å². The highest BCUT2D eigenvalue weighted by Gasteiger charge is 2.42. The first-order valence-electron chi connectivity index (χ1n) is 12.3. The molecule has 2 aliphatic rings. The Morgan fingerprint density at radius 2 is 1.54 bits per heavy atom. The van der Waals surface area contributed by atoms with Gasteiger partial charge in [-0.25, -0.2) is 28.4 Å². The molecule has 1 aromatic carbocycles. The van der Waals surface area contributed by atoms with Gasteiger partial charge in [0.2, 0.25) is 5.95 Å². The average Bonchev–Trinajstić information content (AvgIpc) is 3.13. The zero-order valence-corrected chi connectivity index (χ0v) is 21.0. The summed E-state index contributed by atoms with van der Waals surface area (Å²) >= 11 is 0. The maximum absolute atomic E-state index is 11.6. The molecule has 2 bridgehead atoms. The summed E-state index contributed by atoms with van der Waals surface area (Å²) in [5.41, 5.74) is 2.87. The van der Waals surface area contributed by atoms with Crippen LogP contribution in [0.25, 0.3) is 11.1 Å². The fourth-order valence-electron chi connectivity index (χ4n) is 5.28. The van der Waals surface area contributed by atoms with Crippen LogP contribution in [0.1, 0.15) is 44.6 Å². The van der Waals surface area contributed by atoms with E-state index in [-0.39, 0.29) is 0 Å².